The molecule has 2 aliphatic rings. The fraction of sp³-hybridized carbons (Fsp3) is 0.111. The summed E-state index contributed by atoms with van der Waals surface area (Å²) in [7, 11) is 5.20. The molecule has 2 aliphatic carbocycles. The van der Waals surface area contributed by atoms with Gasteiger partial charge in [0.25, 0.3) is 0 Å². The van der Waals surface area contributed by atoms with Crippen LogP contribution in [0.2, 0.25) is 0 Å². The third-order valence-corrected chi connectivity index (χ3v) is 15.0. The summed E-state index contributed by atoms with van der Waals surface area (Å²) in [6.07, 6.45) is 6.93. The minimum absolute atomic E-state index is 0.521. The molecule has 0 nitrogen and oxygen atoms in total. The number of allylic oxidation sites excluding steroid dienone is 2. The summed E-state index contributed by atoms with van der Waals surface area (Å²) >= 11 is 1.81. The summed E-state index contributed by atoms with van der Waals surface area (Å²) in [6.45, 7) is 0. The van der Waals surface area contributed by atoms with Crippen LogP contribution in [0.5, 0.6) is 0 Å². The number of hydrogen-bond donors (Lipinski definition) is 1. The van der Waals surface area contributed by atoms with E-state index in [1.165, 1.54) is 26.7 Å². The Bertz CT molecular complexity index is 765. The second kappa shape index (κ2) is 5.68. The second-order valence-corrected chi connectivity index (χ2v) is 14.5. The molecule has 4 rings (SSSR count). The summed E-state index contributed by atoms with van der Waals surface area (Å²) in [4.78, 5) is 0. The summed E-state index contributed by atoms with van der Waals surface area (Å²) in [5.74, 6) is 0. The molecule has 0 heterocycles. The number of fused-ring (bicyclic) bond motifs is 2. The van der Waals surface area contributed by atoms with Crippen LogP contribution in [0.4, 0.5) is 0 Å². The summed E-state index contributed by atoms with van der Waals surface area (Å²) in [6, 6.07) is 17.5. The van der Waals surface area contributed by atoms with E-state index in [4.69, 9.17) is 9.39 Å². The van der Waals surface area contributed by atoms with Gasteiger partial charge in [0.1, 0.15) is 0 Å². The van der Waals surface area contributed by atoms with Gasteiger partial charge in [0, 0.05) is 0 Å². The molecule has 2 aromatic carbocycles. The van der Waals surface area contributed by atoms with Crippen molar-refractivity contribution in [3.63, 3.8) is 0 Å². The molecule has 0 saturated heterocycles. The van der Waals surface area contributed by atoms with Crippen LogP contribution < -0.4 is 0 Å². The van der Waals surface area contributed by atoms with Crippen LogP contribution >= 0.6 is 25.3 Å². The predicted molar refractivity (Wildman–Crippen MR) is 93.3 cm³/mol. The van der Waals surface area contributed by atoms with Crippen LogP contribution in [-0.2, 0) is 20.3 Å². The van der Waals surface area contributed by atoms with Gasteiger partial charge < -0.3 is 0 Å². The van der Waals surface area contributed by atoms with Gasteiger partial charge in [-0.2, -0.15) is 0 Å². The van der Waals surface area contributed by atoms with E-state index in [9.17, 15) is 0 Å². The third-order valence-electron chi connectivity index (χ3n) is 4.29. The van der Waals surface area contributed by atoms with Gasteiger partial charge in [-0.25, -0.2) is 0 Å². The average molecular weight is 434 g/mol. The first-order valence-electron chi connectivity index (χ1n) is 7.04. The Morgan fingerprint density at radius 1 is 0.905 bits per heavy atom. The van der Waals surface area contributed by atoms with Crippen LogP contribution in [0.15, 0.2) is 59.1 Å². The van der Waals surface area contributed by atoms with Crippen LogP contribution in [0.3, 0.4) is 0 Å². The van der Waals surface area contributed by atoms with E-state index in [1.807, 2.05) is 0 Å². The first-order valence-corrected chi connectivity index (χ1v) is 14.4. The van der Waals surface area contributed by atoms with Gasteiger partial charge in [0.15, 0.2) is 0 Å². The fourth-order valence-electron chi connectivity index (χ4n) is 3.27. The number of rotatable bonds is 2. The SMILES string of the molecule is [SH][Zr]([CH]1C=Cc2ccccc21)[CH]1C(Br)=Cc2ccccc21. The minimum atomic E-state index is -2.00. The zero-order valence-corrected chi connectivity index (χ0v) is 16.3. The molecular weight excluding hydrogens is 419 g/mol. The van der Waals surface area contributed by atoms with Gasteiger partial charge in [-0.3, -0.25) is 0 Å². The molecule has 2 atom stereocenters. The van der Waals surface area contributed by atoms with E-state index in [0.717, 1.165) is 0 Å². The van der Waals surface area contributed by atoms with Crippen LogP contribution in [0.25, 0.3) is 12.2 Å². The molecule has 3 heteroatoms. The molecule has 103 valence electrons. The van der Waals surface area contributed by atoms with Gasteiger partial charge >= 0.3 is 146 Å². The van der Waals surface area contributed by atoms with Crippen molar-refractivity contribution in [1.29, 1.82) is 0 Å². The second-order valence-electron chi connectivity index (χ2n) is 5.48. The summed E-state index contributed by atoms with van der Waals surface area (Å²) in [5.41, 5.74) is 5.68. The zero-order valence-electron chi connectivity index (χ0n) is 11.3. The molecular formula is C18H14BrSZr. The zero-order chi connectivity index (χ0) is 14.4. The normalized spacial score (nSPS) is 21.9. The summed E-state index contributed by atoms with van der Waals surface area (Å²) < 4.78 is 2.41. The molecule has 0 radical (unpaired) electrons. The number of hydrogen-bond acceptors (Lipinski definition) is 1. The Morgan fingerprint density at radius 2 is 1.57 bits per heavy atom. The van der Waals surface area contributed by atoms with E-state index < -0.39 is 20.3 Å². The number of thiol groups is 1. The molecule has 0 fully saturated rings. The van der Waals surface area contributed by atoms with E-state index in [1.54, 1.807) is 0 Å². The maximum absolute atomic E-state index is 5.20. The van der Waals surface area contributed by atoms with Gasteiger partial charge in [-0.1, -0.05) is 0 Å². The van der Waals surface area contributed by atoms with Crippen molar-refractivity contribution in [1.82, 2.24) is 0 Å². The topological polar surface area (TPSA) is 0 Å². The Hall–Kier alpha value is -0.367. The Labute approximate surface area is 145 Å². The average Bonchev–Trinajstić information content (AvgIpc) is 3.06. The number of halogens is 1. The Morgan fingerprint density at radius 3 is 2.38 bits per heavy atom. The van der Waals surface area contributed by atoms with Crippen molar-refractivity contribution in [3.8, 4) is 0 Å². The van der Waals surface area contributed by atoms with E-state index in [-0.39, 0.29) is 0 Å². The van der Waals surface area contributed by atoms with Crippen LogP contribution in [-0.4, -0.2) is 0 Å². The van der Waals surface area contributed by atoms with Crippen LogP contribution in [0.1, 0.15) is 29.5 Å². The van der Waals surface area contributed by atoms with Crippen molar-refractivity contribution < 1.29 is 20.3 Å². The third kappa shape index (κ3) is 2.38. The molecule has 0 amide bonds. The van der Waals surface area contributed by atoms with Crippen molar-refractivity contribution in [2.75, 3.05) is 0 Å². The van der Waals surface area contributed by atoms with Gasteiger partial charge in [0.2, 0.25) is 0 Å². The van der Waals surface area contributed by atoms with Gasteiger partial charge in [-0.05, 0) is 0 Å². The molecule has 0 N–H and O–H groups in total. The molecule has 0 aliphatic heterocycles. The van der Waals surface area contributed by atoms with E-state index in [2.05, 4.69) is 82.7 Å². The van der Waals surface area contributed by atoms with Crippen molar-refractivity contribution in [3.05, 3.63) is 81.3 Å². The van der Waals surface area contributed by atoms with Gasteiger partial charge in [-0.15, -0.1) is 0 Å². The number of benzene rings is 2. The Balaban J connectivity index is 1.73. The first kappa shape index (κ1) is 14.2. The molecule has 2 aromatic rings. The first-order chi connectivity index (χ1) is 10.3. The molecule has 21 heavy (non-hydrogen) atoms. The fourth-order valence-corrected chi connectivity index (χ4v) is 14.6. The maximum atomic E-state index is 5.20. The van der Waals surface area contributed by atoms with Crippen molar-refractivity contribution >= 4 is 37.5 Å². The standard InChI is InChI=1S/C9H6Br.C9H7.H2S.Zr/c10-9-5-7-3-1-2-4-8(7)6-9;1-2-5-9-7-3-6-8(9)4-1;;/h1-6H;1-7H;1H2;/q;;;+1/p-1. The molecule has 0 saturated carbocycles. The molecule has 0 spiro atoms. The molecule has 2 unspecified atom stereocenters. The monoisotopic (exact) mass is 431 g/mol. The van der Waals surface area contributed by atoms with E-state index in [0.29, 0.717) is 7.25 Å². The Kier molecular flexibility index (Phi) is 3.85. The summed E-state index contributed by atoms with van der Waals surface area (Å²) in [5, 5.41) is 0. The predicted octanol–water partition coefficient (Wildman–Crippen LogP) is 5.71. The van der Waals surface area contributed by atoms with Gasteiger partial charge in [0.05, 0.1) is 0 Å². The van der Waals surface area contributed by atoms with Crippen LogP contribution in [0, 0.1) is 0 Å². The van der Waals surface area contributed by atoms with Crippen molar-refractivity contribution in [2.24, 2.45) is 0 Å². The van der Waals surface area contributed by atoms with Crippen molar-refractivity contribution in [2.45, 2.75) is 7.25 Å². The quantitative estimate of drug-likeness (QED) is 0.577. The molecule has 0 aromatic heterocycles. The molecule has 0 bridgehead atoms. The van der Waals surface area contributed by atoms with E-state index >= 15 is 0 Å².